The van der Waals surface area contributed by atoms with Gasteiger partial charge in [0, 0.05) is 5.92 Å². The molecule has 2 atom stereocenters. The highest BCUT2D eigenvalue weighted by molar-refractivity contribution is 4.79. The fourth-order valence-electron chi connectivity index (χ4n) is 1.13. The first-order valence-corrected chi connectivity index (χ1v) is 3.52. The van der Waals surface area contributed by atoms with Crippen LogP contribution in [0.1, 0.15) is 20.3 Å². The maximum absolute atomic E-state index is 12.6. The summed E-state index contributed by atoms with van der Waals surface area (Å²) in [5.41, 5.74) is 0. The average Bonchev–Trinajstić information content (AvgIpc) is 1.81. The van der Waals surface area contributed by atoms with Gasteiger partial charge in [-0.3, -0.25) is 0 Å². The third-order valence-corrected chi connectivity index (χ3v) is 1.97. The zero-order chi connectivity index (χ0) is 7.78. The summed E-state index contributed by atoms with van der Waals surface area (Å²) < 4.78 is 30.1. The quantitative estimate of drug-likeness (QED) is 0.513. The van der Waals surface area contributed by atoms with Crippen molar-refractivity contribution in [2.24, 2.45) is 5.92 Å². The molecule has 10 heavy (non-hydrogen) atoms. The lowest BCUT2D eigenvalue weighted by atomic mass is 9.95. The lowest BCUT2D eigenvalue weighted by molar-refractivity contribution is -0.171. The molecule has 0 bridgehead atoms. The Hall–Kier alpha value is -0.180. The number of ether oxygens (including phenoxy) is 1. The number of hydrogen-bond donors (Lipinski definition) is 0. The van der Waals surface area contributed by atoms with E-state index in [0.29, 0.717) is 6.42 Å². The number of alkyl halides is 2. The molecule has 1 fully saturated rings. The maximum Gasteiger partial charge on any atom is 0.273 e. The summed E-state index contributed by atoms with van der Waals surface area (Å²) in [6.07, 6.45) is 0.460. The Morgan fingerprint density at radius 1 is 1.40 bits per heavy atom. The van der Waals surface area contributed by atoms with Crippen molar-refractivity contribution in [2.45, 2.75) is 32.3 Å². The van der Waals surface area contributed by atoms with Crippen molar-refractivity contribution in [3.05, 3.63) is 0 Å². The van der Waals surface area contributed by atoms with Gasteiger partial charge in [0.15, 0.2) is 0 Å². The molecule has 0 saturated carbocycles. The monoisotopic (exact) mass is 150 g/mol. The third-order valence-electron chi connectivity index (χ3n) is 1.97. The van der Waals surface area contributed by atoms with Crippen LogP contribution in [-0.2, 0) is 4.74 Å². The Morgan fingerprint density at radius 3 is 2.40 bits per heavy atom. The van der Waals surface area contributed by atoms with E-state index in [2.05, 4.69) is 0 Å². The fourth-order valence-corrected chi connectivity index (χ4v) is 1.13. The van der Waals surface area contributed by atoms with Crippen molar-refractivity contribution in [2.75, 3.05) is 6.61 Å². The van der Waals surface area contributed by atoms with Crippen LogP contribution in [0.4, 0.5) is 8.78 Å². The van der Waals surface area contributed by atoms with E-state index in [0.717, 1.165) is 0 Å². The second-order valence-corrected chi connectivity index (χ2v) is 3.02. The molecule has 1 aliphatic heterocycles. The van der Waals surface area contributed by atoms with E-state index in [9.17, 15) is 8.78 Å². The summed E-state index contributed by atoms with van der Waals surface area (Å²) in [4.78, 5) is 0. The number of rotatable bonds is 0. The van der Waals surface area contributed by atoms with Gasteiger partial charge in [0.25, 0.3) is 5.92 Å². The van der Waals surface area contributed by atoms with Crippen LogP contribution in [0, 0.1) is 5.92 Å². The van der Waals surface area contributed by atoms with E-state index in [1.165, 1.54) is 0 Å². The molecule has 0 spiro atoms. The molecule has 0 aromatic carbocycles. The highest BCUT2D eigenvalue weighted by atomic mass is 19.3. The highest BCUT2D eigenvalue weighted by Gasteiger charge is 2.41. The minimum Gasteiger partial charge on any atom is -0.372 e. The molecule has 2 unspecified atom stereocenters. The second-order valence-electron chi connectivity index (χ2n) is 3.02. The lowest BCUT2D eigenvalue weighted by Crippen LogP contribution is -2.40. The smallest absolute Gasteiger partial charge is 0.273 e. The van der Waals surface area contributed by atoms with Gasteiger partial charge in [0.1, 0.15) is 6.61 Å². The predicted octanol–water partition coefficient (Wildman–Crippen LogP) is 2.07. The fraction of sp³-hybridized carbons (Fsp3) is 1.00. The van der Waals surface area contributed by atoms with E-state index >= 15 is 0 Å². The summed E-state index contributed by atoms with van der Waals surface area (Å²) in [6.45, 7) is 2.99. The van der Waals surface area contributed by atoms with Gasteiger partial charge >= 0.3 is 0 Å². The lowest BCUT2D eigenvalue weighted by Gasteiger charge is -2.32. The van der Waals surface area contributed by atoms with Gasteiger partial charge in [-0.1, -0.05) is 6.92 Å². The third kappa shape index (κ3) is 1.45. The second kappa shape index (κ2) is 2.46. The van der Waals surface area contributed by atoms with Crippen LogP contribution in [0.2, 0.25) is 0 Å². The van der Waals surface area contributed by atoms with Gasteiger partial charge in [-0.15, -0.1) is 0 Å². The summed E-state index contributed by atoms with van der Waals surface area (Å²) in [6, 6.07) is 0. The predicted molar refractivity (Wildman–Crippen MR) is 34.1 cm³/mol. The Balaban J connectivity index is 2.52. The molecule has 60 valence electrons. The Bertz CT molecular complexity index is 125. The topological polar surface area (TPSA) is 9.23 Å². The zero-order valence-electron chi connectivity index (χ0n) is 6.23. The average molecular weight is 150 g/mol. The molecule has 0 N–H and O–H groups in total. The van der Waals surface area contributed by atoms with Crippen molar-refractivity contribution < 1.29 is 13.5 Å². The SMILES string of the molecule is CC1CC(C)C(F)(F)CO1. The van der Waals surface area contributed by atoms with Crippen molar-refractivity contribution in [1.82, 2.24) is 0 Å². The normalized spacial score (nSPS) is 39.6. The van der Waals surface area contributed by atoms with Crippen LogP contribution in [-0.4, -0.2) is 18.6 Å². The molecular formula is C7H12F2O. The molecule has 1 heterocycles. The Labute approximate surface area is 59.4 Å². The molecule has 3 heteroatoms. The van der Waals surface area contributed by atoms with E-state index in [4.69, 9.17) is 4.74 Å². The van der Waals surface area contributed by atoms with E-state index in [1.54, 1.807) is 6.92 Å². The van der Waals surface area contributed by atoms with E-state index < -0.39 is 18.4 Å². The van der Waals surface area contributed by atoms with Gasteiger partial charge < -0.3 is 4.74 Å². The van der Waals surface area contributed by atoms with Gasteiger partial charge in [0.05, 0.1) is 6.10 Å². The molecule has 0 aromatic heterocycles. The van der Waals surface area contributed by atoms with Gasteiger partial charge in [0.2, 0.25) is 0 Å². The zero-order valence-corrected chi connectivity index (χ0v) is 6.23. The minimum atomic E-state index is -2.60. The molecule has 1 rings (SSSR count). The molecule has 0 radical (unpaired) electrons. The molecule has 0 aromatic rings. The molecule has 1 aliphatic rings. The van der Waals surface area contributed by atoms with Crippen LogP contribution >= 0.6 is 0 Å². The summed E-state index contributed by atoms with van der Waals surface area (Å²) in [5, 5.41) is 0. The maximum atomic E-state index is 12.6. The first-order chi connectivity index (χ1) is 4.52. The Kier molecular flexibility index (Phi) is 1.95. The first-order valence-electron chi connectivity index (χ1n) is 3.52. The van der Waals surface area contributed by atoms with Crippen LogP contribution < -0.4 is 0 Å². The molecule has 1 nitrogen and oxygen atoms in total. The van der Waals surface area contributed by atoms with Crippen LogP contribution in [0.3, 0.4) is 0 Å². The van der Waals surface area contributed by atoms with E-state index in [1.807, 2.05) is 6.92 Å². The van der Waals surface area contributed by atoms with Crippen molar-refractivity contribution in [3.8, 4) is 0 Å². The van der Waals surface area contributed by atoms with Gasteiger partial charge in [-0.05, 0) is 13.3 Å². The minimum absolute atomic E-state index is 0.00498. The van der Waals surface area contributed by atoms with Crippen molar-refractivity contribution in [3.63, 3.8) is 0 Å². The van der Waals surface area contributed by atoms with Crippen LogP contribution in [0.25, 0.3) is 0 Å². The van der Waals surface area contributed by atoms with Gasteiger partial charge in [-0.25, -0.2) is 8.78 Å². The van der Waals surface area contributed by atoms with Crippen molar-refractivity contribution in [1.29, 1.82) is 0 Å². The van der Waals surface area contributed by atoms with E-state index in [-0.39, 0.29) is 6.10 Å². The number of hydrogen-bond acceptors (Lipinski definition) is 1. The molecule has 0 amide bonds. The molecule has 0 aliphatic carbocycles. The summed E-state index contributed by atoms with van der Waals surface area (Å²) in [7, 11) is 0. The van der Waals surface area contributed by atoms with Crippen LogP contribution in [0.5, 0.6) is 0 Å². The molecule has 1 saturated heterocycles. The van der Waals surface area contributed by atoms with Crippen LogP contribution in [0.15, 0.2) is 0 Å². The number of halogens is 2. The highest BCUT2D eigenvalue weighted by Crippen LogP contribution is 2.33. The summed E-state index contributed by atoms with van der Waals surface area (Å²) in [5.74, 6) is -3.14. The Morgan fingerprint density at radius 2 is 2.00 bits per heavy atom. The first kappa shape index (κ1) is 7.92. The standard InChI is InChI=1S/C7H12F2O/c1-5-3-6(2)10-4-7(5,8)9/h5-6H,3-4H2,1-2H3. The summed E-state index contributed by atoms with van der Waals surface area (Å²) >= 11 is 0. The van der Waals surface area contributed by atoms with Crippen molar-refractivity contribution >= 4 is 0 Å². The molecular weight excluding hydrogens is 138 g/mol. The van der Waals surface area contributed by atoms with Gasteiger partial charge in [-0.2, -0.15) is 0 Å². The largest absolute Gasteiger partial charge is 0.372 e.